The molecule has 0 amide bonds. The van der Waals surface area contributed by atoms with Gasteiger partial charge in [-0.2, -0.15) is 0 Å². The normalized spacial score (nSPS) is 19.2. The Balaban J connectivity index is 1.31. The van der Waals surface area contributed by atoms with Crippen molar-refractivity contribution in [3.63, 3.8) is 0 Å². The van der Waals surface area contributed by atoms with E-state index in [0.29, 0.717) is 11.8 Å². The van der Waals surface area contributed by atoms with Gasteiger partial charge in [0.1, 0.15) is 5.82 Å². The van der Waals surface area contributed by atoms with Crippen molar-refractivity contribution in [2.75, 3.05) is 13.1 Å². The van der Waals surface area contributed by atoms with Crippen molar-refractivity contribution in [1.82, 2.24) is 24.4 Å². The Morgan fingerprint density at radius 1 is 1.20 bits per heavy atom. The molecule has 0 N–H and O–H groups in total. The van der Waals surface area contributed by atoms with E-state index in [4.69, 9.17) is 4.98 Å². The summed E-state index contributed by atoms with van der Waals surface area (Å²) in [4.78, 5) is 27.9. The molecular weight excluding hydrogens is 314 g/mol. The van der Waals surface area contributed by atoms with Crippen LogP contribution in [-0.4, -0.2) is 37.5 Å². The molecule has 1 saturated carbocycles. The maximum Gasteiger partial charge on any atom is 0.256 e. The van der Waals surface area contributed by atoms with Crippen molar-refractivity contribution in [1.29, 1.82) is 0 Å². The molecule has 2 fully saturated rings. The number of hydrogen-bond donors (Lipinski definition) is 0. The van der Waals surface area contributed by atoms with Crippen LogP contribution in [0.1, 0.15) is 48.7 Å². The minimum Gasteiger partial charge on any atom is -0.299 e. The van der Waals surface area contributed by atoms with Crippen molar-refractivity contribution in [3.05, 3.63) is 52.2 Å². The molecule has 0 bridgehead atoms. The Hall–Kier alpha value is -2.08. The van der Waals surface area contributed by atoms with Crippen LogP contribution in [0.15, 0.2) is 29.6 Å². The Morgan fingerprint density at radius 2 is 2.00 bits per heavy atom. The third-order valence-corrected chi connectivity index (χ3v) is 5.29. The molecule has 3 heterocycles. The lowest BCUT2D eigenvalue weighted by molar-refractivity contribution is 0.164. The molecule has 2 aromatic rings. The van der Waals surface area contributed by atoms with Crippen LogP contribution in [0.5, 0.6) is 0 Å². The van der Waals surface area contributed by atoms with E-state index in [9.17, 15) is 4.79 Å². The molecule has 132 valence electrons. The highest BCUT2D eigenvalue weighted by Gasteiger charge is 2.27. The van der Waals surface area contributed by atoms with Gasteiger partial charge in [-0.3, -0.25) is 14.3 Å². The molecular formula is C19H25N5O. The highest BCUT2D eigenvalue weighted by atomic mass is 16.1. The van der Waals surface area contributed by atoms with Gasteiger partial charge in [0, 0.05) is 37.0 Å². The molecule has 1 saturated heterocycles. The van der Waals surface area contributed by atoms with Crippen LogP contribution in [0.3, 0.4) is 0 Å². The predicted octanol–water partition coefficient (Wildman–Crippen LogP) is 2.13. The minimum absolute atomic E-state index is 0.0889. The highest BCUT2D eigenvalue weighted by molar-refractivity contribution is 5.10. The van der Waals surface area contributed by atoms with E-state index in [1.165, 1.54) is 12.8 Å². The lowest BCUT2D eigenvalue weighted by atomic mass is 9.96. The fourth-order valence-corrected chi connectivity index (χ4v) is 3.56. The molecule has 0 radical (unpaired) electrons. The van der Waals surface area contributed by atoms with Crippen LogP contribution in [-0.2, 0) is 13.1 Å². The number of piperidine rings is 1. The SMILES string of the molecule is Cc1cncn(CC2CCN(Cc3ccnc(C4CC4)n3)CC2)c1=O. The summed E-state index contributed by atoms with van der Waals surface area (Å²) in [5.41, 5.74) is 1.94. The molecule has 0 unspecified atom stereocenters. The second kappa shape index (κ2) is 7.04. The van der Waals surface area contributed by atoms with Gasteiger partial charge in [-0.1, -0.05) is 0 Å². The molecule has 1 aliphatic carbocycles. The smallest absolute Gasteiger partial charge is 0.256 e. The summed E-state index contributed by atoms with van der Waals surface area (Å²) in [5.74, 6) is 2.18. The van der Waals surface area contributed by atoms with Crippen LogP contribution >= 0.6 is 0 Å². The standard InChI is InChI=1S/C19H25N5O/c1-14-10-20-13-24(19(14)25)11-15-5-8-23(9-6-15)12-17-4-7-21-18(22-17)16-2-3-16/h4,7,10,13,15-16H,2-3,5-6,8-9,11-12H2,1H3. The predicted molar refractivity (Wildman–Crippen MR) is 95.2 cm³/mol. The first-order chi connectivity index (χ1) is 12.2. The maximum absolute atomic E-state index is 12.1. The lowest BCUT2D eigenvalue weighted by Gasteiger charge is -2.31. The van der Waals surface area contributed by atoms with Gasteiger partial charge >= 0.3 is 0 Å². The fourth-order valence-electron chi connectivity index (χ4n) is 3.56. The van der Waals surface area contributed by atoms with E-state index in [-0.39, 0.29) is 5.56 Å². The Bertz CT molecular complexity index is 790. The summed E-state index contributed by atoms with van der Waals surface area (Å²) in [6.07, 6.45) is 9.91. The maximum atomic E-state index is 12.1. The van der Waals surface area contributed by atoms with E-state index >= 15 is 0 Å². The molecule has 6 heteroatoms. The van der Waals surface area contributed by atoms with Crippen molar-refractivity contribution in [2.24, 2.45) is 5.92 Å². The molecule has 0 spiro atoms. The number of aromatic nitrogens is 4. The van der Waals surface area contributed by atoms with E-state index in [1.807, 2.05) is 19.2 Å². The average Bonchev–Trinajstić information content (AvgIpc) is 3.46. The van der Waals surface area contributed by atoms with Crippen molar-refractivity contribution in [2.45, 2.75) is 51.6 Å². The van der Waals surface area contributed by atoms with Gasteiger partial charge in [-0.05, 0) is 57.7 Å². The summed E-state index contributed by atoms with van der Waals surface area (Å²) in [7, 11) is 0. The Labute approximate surface area is 148 Å². The number of rotatable bonds is 5. The second-order valence-electron chi connectivity index (χ2n) is 7.43. The third kappa shape index (κ3) is 3.95. The fraction of sp³-hybridized carbons (Fsp3) is 0.579. The first-order valence-electron chi connectivity index (χ1n) is 9.24. The van der Waals surface area contributed by atoms with Crippen molar-refractivity contribution in [3.8, 4) is 0 Å². The number of likely N-dealkylation sites (tertiary alicyclic amines) is 1. The Morgan fingerprint density at radius 3 is 2.76 bits per heavy atom. The van der Waals surface area contributed by atoms with Gasteiger partial charge in [-0.25, -0.2) is 15.0 Å². The van der Waals surface area contributed by atoms with Crippen LogP contribution in [0, 0.1) is 12.8 Å². The molecule has 4 rings (SSSR count). The molecule has 2 aromatic heterocycles. The topological polar surface area (TPSA) is 63.9 Å². The van der Waals surface area contributed by atoms with E-state index < -0.39 is 0 Å². The van der Waals surface area contributed by atoms with Gasteiger partial charge in [0.25, 0.3) is 5.56 Å². The van der Waals surface area contributed by atoms with Gasteiger partial charge in [-0.15, -0.1) is 0 Å². The van der Waals surface area contributed by atoms with Crippen LogP contribution in [0.2, 0.25) is 0 Å². The average molecular weight is 339 g/mol. The number of aryl methyl sites for hydroxylation is 1. The lowest BCUT2D eigenvalue weighted by Crippen LogP contribution is -2.36. The minimum atomic E-state index is 0.0889. The van der Waals surface area contributed by atoms with Gasteiger partial charge in [0.05, 0.1) is 12.0 Å². The summed E-state index contributed by atoms with van der Waals surface area (Å²) in [5, 5.41) is 0. The molecule has 0 aromatic carbocycles. The molecule has 6 nitrogen and oxygen atoms in total. The zero-order valence-electron chi connectivity index (χ0n) is 14.8. The molecule has 1 aliphatic heterocycles. The molecule has 2 aliphatic rings. The number of hydrogen-bond acceptors (Lipinski definition) is 5. The van der Waals surface area contributed by atoms with Crippen LogP contribution in [0.25, 0.3) is 0 Å². The summed E-state index contributed by atoms with van der Waals surface area (Å²) >= 11 is 0. The summed E-state index contributed by atoms with van der Waals surface area (Å²) in [6.45, 7) is 5.62. The van der Waals surface area contributed by atoms with Gasteiger partial charge in [0.2, 0.25) is 0 Å². The van der Waals surface area contributed by atoms with Gasteiger partial charge < -0.3 is 0 Å². The van der Waals surface area contributed by atoms with E-state index in [0.717, 1.165) is 56.1 Å². The van der Waals surface area contributed by atoms with Crippen LogP contribution in [0.4, 0.5) is 0 Å². The zero-order valence-corrected chi connectivity index (χ0v) is 14.8. The van der Waals surface area contributed by atoms with E-state index in [1.54, 1.807) is 17.1 Å². The monoisotopic (exact) mass is 339 g/mol. The Kier molecular flexibility index (Phi) is 4.61. The van der Waals surface area contributed by atoms with E-state index in [2.05, 4.69) is 14.9 Å². The van der Waals surface area contributed by atoms with Gasteiger partial charge in [0.15, 0.2) is 0 Å². The summed E-state index contributed by atoms with van der Waals surface area (Å²) in [6, 6.07) is 2.04. The van der Waals surface area contributed by atoms with Crippen molar-refractivity contribution < 1.29 is 0 Å². The van der Waals surface area contributed by atoms with Crippen LogP contribution < -0.4 is 5.56 Å². The highest BCUT2D eigenvalue weighted by Crippen LogP contribution is 2.37. The zero-order chi connectivity index (χ0) is 17.2. The molecule has 0 atom stereocenters. The second-order valence-corrected chi connectivity index (χ2v) is 7.43. The van der Waals surface area contributed by atoms with Crippen molar-refractivity contribution >= 4 is 0 Å². The first kappa shape index (κ1) is 16.4. The first-order valence-corrected chi connectivity index (χ1v) is 9.24. The third-order valence-electron chi connectivity index (χ3n) is 5.29. The molecule has 25 heavy (non-hydrogen) atoms. The largest absolute Gasteiger partial charge is 0.299 e. The quantitative estimate of drug-likeness (QED) is 0.835. The summed E-state index contributed by atoms with van der Waals surface area (Å²) < 4.78 is 1.77. The number of nitrogens with zero attached hydrogens (tertiary/aromatic N) is 5.